The fraction of sp³-hybridized carbons (Fsp3) is 0.562. The molecule has 0 fully saturated rings. The van der Waals surface area contributed by atoms with E-state index in [0.29, 0.717) is 19.5 Å². The molecule has 0 bridgehead atoms. The molecule has 1 amide bonds. The summed E-state index contributed by atoms with van der Waals surface area (Å²) < 4.78 is 5.64. The minimum atomic E-state index is -0.578. The van der Waals surface area contributed by atoms with Gasteiger partial charge in [0.05, 0.1) is 18.8 Å². The van der Waals surface area contributed by atoms with Crippen LogP contribution in [0.3, 0.4) is 0 Å². The molecule has 2 atom stereocenters. The van der Waals surface area contributed by atoms with Gasteiger partial charge in [0.25, 0.3) is 0 Å². The first-order valence-electron chi connectivity index (χ1n) is 7.26. The topological polar surface area (TPSA) is 61.8 Å². The van der Waals surface area contributed by atoms with Gasteiger partial charge in [0.1, 0.15) is 0 Å². The SMILES string of the molecule is CC(OCC(O)CNCCC(=O)N(C)C)c1ccccc1. The van der Waals surface area contributed by atoms with Crippen molar-refractivity contribution in [2.75, 3.05) is 33.8 Å². The highest BCUT2D eigenvalue weighted by Gasteiger charge is 2.10. The molecule has 21 heavy (non-hydrogen) atoms. The first kappa shape index (κ1) is 17.6. The highest BCUT2D eigenvalue weighted by atomic mass is 16.5. The molecule has 0 radical (unpaired) electrons. The standard InChI is InChI=1S/C16H26N2O3/c1-13(14-7-5-4-6-8-14)21-12-15(19)11-17-10-9-16(20)18(2)3/h4-8,13,15,17,19H,9-12H2,1-3H3. The van der Waals surface area contributed by atoms with E-state index in [4.69, 9.17) is 4.74 Å². The minimum Gasteiger partial charge on any atom is -0.389 e. The Bertz CT molecular complexity index is 409. The van der Waals surface area contributed by atoms with E-state index in [1.54, 1.807) is 19.0 Å². The van der Waals surface area contributed by atoms with E-state index in [2.05, 4.69) is 5.32 Å². The number of aliphatic hydroxyl groups excluding tert-OH is 1. The number of nitrogens with zero attached hydrogens (tertiary/aromatic N) is 1. The Hall–Kier alpha value is -1.43. The lowest BCUT2D eigenvalue weighted by atomic mass is 10.1. The molecule has 0 aromatic heterocycles. The van der Waals surface area contributed by atoms with Crippen LogP contribution in [0.25, 0.3) is 0 Å². The molecule has 2 N–H and O–H groups in total. The third-order valence-electron chi connectivity index (χ3n) is 3.20. The summed E-state index contributed by atoms with van der Waals surface area (Å²) in [6.45, 7) is 3.21. The van der Waals surface area contributed by atoms with Crippen LogP contribution in [-0.4, -0.2) is 55.8 Å². The predicted octanol–water partition coefficient (Wildman–Crippen LogP) is 1.19. The van der Waals surface area contributed by atoms with Crippen LogP contribution in [0, 0.1) is 0 Å². The van der Waals surface area contributed by atoms with E-state index in [-0.39, 0.29) is 18.6 Å². The van der Waals surface area contributed by atoms with Crippen LogP contribution in [0.4, 0.5) is 0 Å². The van der Waals surface area contributed by atoms with Crippen molar-refractivity contribution in [2.45, 2.75) is 25.6 Å². The second-order valence-corrected chi connectivity index (χ2v) is 5.28. The molecule has 0 heterocycles. The zero-order valence-electron chi connectivity index (χ0n) is 13.1. The number of carbonyl (C=O) groups is 1. The number of rotatable bonds is 9. The van der Waals surface area contributed by atoms with Gasteiger partial charge in [-0.25, -0.2) is 0 Å². The Morgan fingerprint density at radius 3 is 2.62 bits per heavy atom. The van der Waals surface area contributed by atoms with Gasteiger partial charge < -0.3 is 20.1 Å². The van der Waals surface area contributed by atoms with Gasteiger partial charge in [-0.3, -0.25) is 4.79 Å². The van der Waals surface area contributed by atoms with Crippen molar-refractivity contribution >= 4 is 5.91 Å². The molecule has 1 aromatic carbocycles. The van der Waals surface area contributed by atoms with Crippen LogP contribution in [-0.2, 0) is 9.53 Å². The molecule has 0 saturated heterocycles. The largest absolute Gasteiger partial charge is 0.389 e. The van der Waals surface area contributed by atoms with Gasteiger partial charge in [0.15, 0.2) is 0 Å². The fourth-order valence-corrected chi connectivity index (χ4v) is 1.82. The molecule has 0 aliphatic rings. The number of nitrogens with one attached hydrogen (secondary N) is 1. The number of hydrogen-bond donors (Lipinski definition) is 2. The Kier molecular flexibility index (Phi) is 7.97. The quantitative estimate of drug-likeness (QED) is 0.672. The maximum absolute atomic E-state index is 11.4. The van der Waals surface area contributed by atoms with E-state index < -0.39 is 6.10 Å². The third-order valence-corrected chi connectivity index (χ3v) is 3.20. The lowest BCUT2D eigenvalue weighted by molar-refractivity contribution is -0.128. The van der Waals surface area contributed by atoms with Gasteiger partial charge in [0.2, 0.25) is 5.91 Å². The number of carbonyl (C=O) groups excluding carboxylic acids is 1. The minimum absolute atomic E-state index is 0.0452. The number of amides is 1. The zero-order chi connectivity index (χ0) is 15.7. The lowest BCUT2D eigenvalue weighted by Gasteiger charge is -2.17. The summed E-state index contributed by atoms with van der Waals surface area (Å²) >= 11 is 0. The van der Waals surface area contributed by atoms with Crippen molar-refractivity contribution in [2.24, 2.45) is 0 Å². The van der Waals surface area contributed by atoms with Gasteiger partial charge in [0, 0.05) is 33.6 Å². The molecular weight excluding hydrogens is 268 g/mol. The molecular formula is C16H26N2O3. The number of benzene rings is 1. The maximum atomic E-state index is 11.4. The van der Waals surface area contributed by atoms with Crippen molar-refractivity contribution in [1.29, 1.82) is 0 Å². The molecule has 0 aliphatic carbocycles. The van der Waals surface area contributed by atoms with Crippen LogP contribution in [0.1, 0.15) is 25.0 Å². The van der Waals surface area contributed by atoms with Crippen molar-refractivity contribution in [3.63, 3.8) is 0 Å². The second kappa shape index (κ2) is 9.50. The van der Waals surface area contributed by atoms with E-state index in [9.17, 15) is 9.90 Å². The lowest BCUT2D eigenvalue weighted by Crippen LogP contribution is -2.33. The molecule has 5 nitrogen and oxygen atoms in total. The van der Waals surface area contributed by atoms with Crippen molar-refractivity contribution in [3.8, 4) is 0 Å². The first-order chi connectivity index (χ1) is 10.0. The van der Waals surface area contributed by atoms with E-state index in [1.165, 1.54) is 0 Å². The van der Waals surface area contributed by atoms with E-state index >= 15 is 0 Å². The fourth-order valence-electron chi connectivity index (χ4n) is 1.82. The normalized spacial score (nSPS) is 13.7. The van der Waals surface area contributed by atoms with E-state index in [1.807, 2.05) is 37.3 Å². The predicted molar refractivity (Wildman–Crippen MR) is 83.0 cm³/mol. The average molecular weight is 294 g/mol. The number of aliphatic hydroxyl groups is 1. The molecule has 0 spiro atoms. The summed E-state index contributed by atoms with van der Waals surface area (Å²) in [5, 5.41) is 12.9. The summed E-state index contributed by atoms with van der Waals surface area (Å²) in [7, 11) is 3.46. The summed E-state index contributed by atoms with van der Waals surface area (Å²) in [6.07, 6.45) is -0.192. The summed E-state index contributed by atoms with van der Waals surface area (Å²) in [5.41, 5.74) is 1.09. The maximum Gasteiger partial charge on any atom is 0.223 e. The average Bonchev–Trinajstić information content (AvgIpc) is 2.49. The highest BCUT2D eigenvalue weighted by molar-refractivity contribution is 5.75. The number of hydrogen-bond acceptors (Lipinski definition) is 4. The van der Waals surface area contributed by atoms with Gasteiger partial charge in [-0.15, -0.1) is 0 Å². The Morgan fingerprint density at radius 1 is 1.33 bits per heavy atom. The highest BCUT2D eigenvalue weighted by Crippen LogP contribution is 2.15. The van der Waals surface area contributed by atoms with Crippen LogP contribution < -0.4 is 5.32 Å². The number of ether oxygens (including phenoxy) is 1. The summed E-state index contributed by atoms with van der Waals surface area (Å²) in [4.78, 5) is 12.9. The smallest absolute Gasteiger partial charge is 0.223 e. The van der Waals surface area contributed by atoms with Crippen molar-refractivity contribution in [1.82, 2.24) is 10.2 Å². The van der Waals surface area contributed by atoms with Crippen LogP contribution >= 0.6 is 0 Å². The zero-order valence-corrected chi connectivity index (χ0v) is 13.1. The van der Waals surface area contributed by atoms with Gasteiger partial charge in [-0.2, -0.15) is 0 Å². The van der Waals surface area contributed by atoms with Gasteiger partial charge in [-0.05, 0) is 12.5 Å². The van der Waals surface area contributed by atoms with Gasteiger partial charge >= 0.3 is 0 Å². The molecule has 1 aromatic rings. The second-order valence-electron chi connectivity index (χ2n) is 5.28. The first-order valence-corrected chi connectivity index (χ1v) is 7.26. The molecule has 118 valence electrons. The van der Waals surface area contributed by atoms with Gasteiger partial charge in [-0.1, -0.05) is 30.3 Å². The molecule has 0 saturated carbocycles. The Morgan fingerprint density at radius 2 is 2.00 bits per heavy atom. The van der Waals surface area contributed by atoms with Crippen LogP contribution in [0.5, 0.6) is 0 Å². The summed E-state index contributed by atoms with van der Waals surface area (Å²) in [6, 6.07) is 9.90. The monoisotopic (exact) mass is 294 g/mol. The van der Waals surface area contributed by atoms with E-state index in [0.717, 1.165) is 5.56 Å². The van der Waals surface area contributed by atoms with Crippen molar-refractivity contribution < 1.29 is 14.6 Å². The summed E-state index contributed by atoms with van der Waals surface area (Å²) in [5.74, 6) is 0.0749. The van der Waals surface area contributed by atoms with Crippen LogP contribution in [0.2, 0.25) is 0 Å². The third kappa shape index (κ3) is 7.22. The molecule has 1 rings (SSSR count). The van der Waals surface area contributed by atoms with Crippen molar-refractivity contribution in [3.05, 3.63) is 35.9 Å². The Labute approximate surface area is 126 Å². The molecule has 0 aliphatic heterocycles. The van der Waals surface area contributed by atoms with Crippen LogP contribution in [0.15, 0.2) is 30.3 Å². The Balaban J connectivity index is 2.14. The molecule has 2 unspecified atom stereocenters. The molecule has 5 heteroatoms.